The van der Waals surface area contributed by atoms with Gasteiger partial charge in [-0.1, -0.05) is 97.1 Å². The lowest BCUT2D eigenvalue weighted by molar-refractivity contribution is 0.669. The largest absolute Gasteiger partial charge is 0.456 e. The summed E-state index contributed by atoms with van der Waals surface area (Å²) in [4.78, 5) is 2.37. The van der Waals surface area contributed by atoms with E-state index in [0.29, 0.717) is 0 Å². The van der Waals surface area contributed by atoms with Gasteiger partial charge < -0.3 is 9.32 Å². The average Bonchev–Trinajstić information content (AvgIpc) is 3.32. The molecule has 0 aliphatic carbocycles. The fourth-order valence-electron chi connectivity index (χ4n) is 5.19. The molecule has 170 valence electrons. The Hall–Kier alpha value is -4.82. The zero-order valence-electron chi connectivity index (χ0n) is 19.6. The zero-order valence-corrected chi connectivity index (χ0v) is 19.6. The molecule has 0 N–H and O–H groups in total. The van der Waals surface area contributed by atoms with Gasteiger partial charge in [0, 0.05) is 27.4 Å². The van der Waals surface area contributed by atoms with Crippen molar-refractivity contribution in [2.45, 2.75) is 0 Å². The molecule has 7 rings (SSSR count). The van der Waals surface area contributed by atoms with E-state index < -0.39 is 0 Å². The van der Waals surface area contributed by atoms with Gasteiger partial charge in [0.1, 0.15) is 11.2 Å². The fourth-order valence-corrected chi connectivity index (χ4v) is 5.19. The molecule has 0 aliphatic rings. The molecule has 2 nitrogen and oxygen atoms in total. The number of anilines is 3. The van der Waals surface area contributed by atoms with E-state index in [-0.39, 0.29) is 0 Å². The average molecular weight is 462 g/mol. The quantitative estimate of drug-likeness (QED) is 0.259. The number of nitrogens with zero attached hydrogens (tertiary/aromatic N) is 1. The summed E-state index contributed by atoms with van der Waals surface area (Å²) >= 11 is 0. The number of hydrogen-bond donors (Lipinski definition) is 0. The Kier molecular flexibility index (Phi) is 4.82. The molecule has 0 bridgehead atoms. The van der Waals surface area contributed by atoms with Crippen LogP contribution >= 0.6 is 0 Å². The number of furan rings is 1. The highest BCUT2D eigenvalue weighted by molar-refractivity contribution is 6.07. The van der Waals surface area contributed by atoms with Crippen LogP contribution in [0.15, 0.2) is 144 Å². The zero-order chi connectivity index (χ0) is 23.9. The van der Waals surface area contributed by atoms with Crippen LogP contribution < -0.4 is 4.90 Å². The van der Waals surface area contributed by atoms with E-state index in [1.807, 2.05) is 12.1 Å². The molecule has 0 unspecified atom stereocenters. The Bertz CT molecular complexity index is 1840. The van der Waals surface area contributed by atoms with Crippen LogP contribution in [0.3, 0.4) is 0 Å². The summed E-state index contributed by atoms with van der Waals surface area (Å²) in [5, 5.41) is 4.71. The maximum absolute atomic E-state index is 6.10. The lowest BCUT2D eigenvalue weighted by Gasteiger charge is -2.29. The molecule has 0 spiro atoms. The topological polar surface area (TPSA) is 16.4 Å². The molecule has 0 radical (unpaired) electrons. The molecule has 0 saturated heterocycles. The molecular weight excluding hydrogens is 438 g/mol. The Morgan fingerprint density at radius 1 is 0.444 bits per heavy atom. The number of rotatable bonds is 4. The summed E-state index contributed by atoms with van der Waals surface area (Å²) in [6.45, 7) is 0. The van der Waals surface area contributed by atoms with E-state index in [0.717, 1.165) is 44.6 Å². The summed E-state index contributed by atoms with van der Waals surface area (Å²) < 4.78 is 6.10. The summed E-state index contributed by atoms with van der Waals surface area (Å²) in [5.74, 6) is 0. The van der Waals surface area contributed by atoms with E-state index in [1.54, 1.807) is 0 Å². The normalized spacial score (nSPS) is 11.3. The van der Waals surface area contributed by atoms with Gasteiger partial charge in [-0.25, -0.2) is 0 Å². The van der Waals surface area contributed by atoms with Crippen molar-refractivity contribution in [1.29, 1.82) is 0 Å². The van der Waals surface area contributed by atoms with Crippen LogP contribution in [0.2, 0.25) is 0 Å². The molecule has 0 amide bonds. The van der Waals surface area contributed by atoms with E-state index in [9.17, 15) is 0 Å². The predicted molar refractivity (Wildman–Crippen MR) is 151 cm³/mol. The number of benzene rings is 6. The van der Waals surface area contributed by atoms with Crippen molar-refractivity contribution < 1.29 is 4.42 Å². The molecule has 1 heterocycles. The molecular formula is C34H23NO. The third-order valence-corrected chi connectivity index (χ3v) is 6.85. The second kappa shape index (κ2) is 8.44. The Labute approximate surface area is 209 Å². The van der Waals surface area contributed by atoms with Crippen molar-refractivity contribution in [1.82, 2.24) is 0 Å². The predicted octanol–water partition coefficient (Wildman–Crippen LogP) is 9.88. The molecule has 2 heteroatoms. The molecule has 0 atom stereocenters. The summed E-state index contributed by atoms with van der Waals surface area (Å²) in [5.41, 5.74) is 7.56. The molecule has 0 fully saturated rings. The van der Waals surface area contributed by atoms with Crippen LogP contribution in [-0.4, -0.2) is 0 Å². The van der Waals surface area contributed by atoms with Gasteiger partial charge in [-0.3, -0.25) is 0 Å². The molecule has 7 aromatic rings. The van der Waals surface area contributed by atoms with E-state index in [1.165, 1.54) is 16.3 Å². The van der Waals surface area contributed by atoms with Crippen LogP contribution in [0.4, 0.5) is 17.1 Å². The molecule has 0 aliphatic heterocycles. The van der Waals surface area contributed by atoms with Gasteiger partial charge in [-0.05, 0) is 53.4 Å². The molecule has 36 heavy (non-hydrogen) atoms. The lowest BCUT2D eigenvalue weighted by atomic mass is 9.99. The van der Waals surface area contributed by atoms with Gasteiger partial charge in [0.25, 0.3) is 0 Å². The van der Waals surface area contributed by atoms with Crippen molar-refractivity contribution in [2.75, 3.05) is 4.90 Å². The van der Waals surface area contributed by atoms with Crippen molar-refractivity contribution in [3.63, 3.8) is 0 Å². The Morgan fingerprint density at radius 2 is 1.11 bits per heavy atom. The first-order valence-corrected chi connectivity index (χ1v) is 12.2. The van der Waals surface area contributed by atoms with Crippen molar-refractivity contribution >= 4 is 49.8 Å². The van der Waals surface area contributed by atoms with Crippen LogP contribution in [0.25, 0.3) is 43.8 Å². The van der Waals surface area contributed by atoms with Crippen LogP contribution in [0.1, 0.15) is 0 Å². The molecule has 6 aromatic carbocycles. The Balaban J connectivity index is 1.49. The number of hydrogen-bond acceptors (Lipinski definition) is 2. The third kappa shape index (κ3) is 3.35. The van der Waals surface area contributed by atoms with E-state index in [4.69, 9.17) is 4.42 Å². The second-order valence-electron chi connectivity index (χ2n) is 9.00. The third-order valence-electron chi connectivity index (χ3n) is 6.85. The highest BCUT2D eigenvalue weighted by Gasteiger charge is 2.19. The molecule has 0 saturated carbocycles. The minimum absolute atomic E-state index is 0.909. The monoisotopic (exact) mass is 461 g/mol. The summed E-state index contributed by atoms with van der Waals surface area (Å²) in [6, 6.07) is 49.1. The SMILES string of the molecule is c1ccc(N(c2ccccc2-c2ccc3oc4ccccc4c3c2)c2cccc3ccccc23)cc1. The van der Waals surface area contributed by atoms with Crippen molar-refractivity contribution in [3.05, 3.63) is 140 Å². The summed E-state index contributed by atoms with van der Waals surface area (Å²) in [6.07, 6.45) is 0. The van der Waals surface area contributed by atoms with Gasteiger partial charge in [0.05, 0.1) is 11.4 Å². The fraction of sp³-hybridized carbons (Fsp3) is 0. The van der Waals surface area contributed by atoms with Crippen molar-refractivity contribution in [3.8, 4) is 11.1 Å². The minimum Gasteiger partial charge on any atom is -0.456 e. The molecule has 1 aromatic heterocycles. The summed E-state index contributed by atoms with van der Waals surface area (Å²) in [7, 11) is 0. The lowest BCUT2D eigenvalue weighted by Crippen LogP contribution is -2.11. The van der Waals surface area contributed by atoms with Gasteiger partial charge in [0.2, 0.25) is 0 Å². The van der Waals surface area contributed by atoms with Crippen LogP contribution in [0.5, 0.6) is 0 Å². The van der Waals surface area contributed by atoms with Gasteiger partial charge >= 0.3 is 0 Å². The maximum atomic E-state index is 6.10. The van der Waals surface area contributed by atoms with E-state index >= 15 is 0 Å². The second-order valence-corrected chi connectivity index (χ2v) is 9.00. The smallest absolute Gasteiger partial charge is 0.135 e. The van der Waals surface area contributed by atoms with E-state index in [2.05, 4.69) is 132 Å². The van der Waals surface area contributed by atoms with Crippen LogP contribution in [0, 0.1) is 0 Å². The highest BCUT2D eigenvalue weighted by atomic mass is 16.3. The minimum atomic E-state index is 0.909. The van der Waals surface area contributed by atoms with Crippen LogP contribution in [-0.2, 0) is 0 Å². The first-order chi connectivity index (χ1) is 17.9. The standard InChI is InChI=1S/C34H23NO/c1-2-13-26(14-3-1)35(32-19-10-12-24-11-4-5-15-27(24)32)31-18-8-6-16-28(31)25-21-22-34-30(23-25)29-17-7-9-20-33(29)36-34/h1-23H. The number of para-hydroxylation sites is 3. The van der Waals surface area contributed by atoms with Crippen molar-refractivity contribution in [2.24, 2.45) is 0 Å². The van der Waals surface area contributed by atoms with Gasteiger partial charge in [-0.2, -0.15) is 0 Å². The maximum Gasteiger partial charge on any atom is 0.135 e. The highest BCUT2D eigenvalue weighted by Crippen LogP contribution is 2.44. The van der Waals surface area contributed by atoms with Gasteiger partial charge in [0.15, 0.2) is 0 Å². The Morgan fingerprint density at radius 3 is 2.03 bits per heavy atom. The first-order valence-electron chi connectivity index (χ1n) is 12.2. The first kappa shape index (κ1) is 20.5. The van der Waals surface area contributed by atoms with Gasteiger partial charge in [-0.15, -0.1) is 0 Å². The number of fused-ring (bicyclic) bond motifs is 4.